The third kappa shape index (κ3) is 3.74. The molecule has 130 valence electrons. The highest BCUT2D eigenvalue weighted by Gasteiger charge is 2.35. The van der Waals surface area contributed by atoms with E-state index in [9.17, 15) is 5.11 Å². The Morgan fingerprint density at radius 3 is 2.26 bits per heavy atom. The molecule has 0 amide bonds. The summed E-state index contributed by atoms with van der Waals surface area (Å²) in [5, 5.41) is 10.4. The zero-order valence-electron chi connectivity index (χ0n) is 15.8. The van der Waals surface area contributed by atoms with E-state index in [2.05, 4.69) is 39.8 Å². The number of rotatable bonds is 4. The summed E-state index contributed by atoms with van der Waals surface area (Å²) in [6.45, 7) is 11.1. The molecule has 1 aliphatic rings. The highest BCUT2D eigenvalue weighted by molar-refractivity contribution is 5.52. The van der Waals surface area contributed by atoms with E-state index in [4.69, 9.17) is 4.74 Å². The lowest BCUT2D eigenvalue weighted by Gasteiger charge is -2.37. The SMILES string of the molecule is CCC(O)c1cc(C(C)(C)C)c(OC)c(C2(C)CCCCC2)c1. The fourth-order valence-electron chi connectivity index (χ4n) is 3.91. The summed E-state index contributed by atoms with van der Waals surface area (Å²) in [5.74, 6) is 1.04. The third-order valence-corrected chi connectivity index (χ3v) is 5.50. The zero-order valence-corrected chi connectivity index (χ0v) is 15.8. The summed E-state index contributed by atoms with van der Waals surface area (Å²) in [5.41, 5.74) is 3.71. The fraction of sp³-hybridized carbons (Fsp3) is 0.714. The van der Waals surface area contributed by atoms with Gasteiger partial charge in [-0.1, -0.05) is 53.9 Å². The lowest BCUT2D eigenvalue weighted by molar-refractivity contribution is 0.173. The molecule has 23 heavy (non-hydrogen) atoms. The number of benzene rings is 1. The van der Waals surface area contributed by atoms with Gasteiger partial charge in [0.1, 0.15) is 5.75 Å². The molecular weight excluding hydrogens is 284 g/mol. The van der Waals surface area contributed by atoms with E-state index in [1.807, 2.05) is 6.92 Å². The first-order chi connectivity index (χ1) is 10.7. The van der Waals surface area contributed by atoms with Crippen LogP contribution in [0.5, 0.6) is 5.75 Å². The van der Waals surface area contributed by atoms with E-state index in [1.165, 1.54) is 43.2 Å². The molecule has 1 atom stereocenters. The van der Waals surface area contributed by atoms with Crippen LogP contribution in [0, 0.1) is 0 Å². The van der Waals surface area contributed by atoms with Gasteiger partial charge in [0.25, 0.3) is 0 Å². The molecule has 0 aromatic heterocycles. The second-order valence-corrected chi connectivity index (χ2v) is 8.44. The van der Waals surface area contributed by atoms with E-state index in [0.717, 1.165) is 17.7 Å². The van der Waals surface area contributed by atoms with Gasteiger partial charge in [0, 0.05) is 11.1 Å². The maximum absolute atomic E-state index is 10.4. The number of hydrogen-bond acceptors (Lipinski definition) is 2. The predicted molar refractivity (Wildman–Crippen MR) is 97.4 cm³/mol. The molecule has 0 heterocycles. The van der Waals surface area contributed by atoms with Crippen molar-refractivity contribution in [3.8, 4) is 5.75 Å². The Kier molecular flexibility index (Phi) is 5.45. The van der Waals surface area contributed by atoms with Gasteiger partial charge < -0.3 is 9.84 Å². The van der Waals surface area contributed by atoms with Crippen LogP contribution in [0.15, 0.2) is 12.1 Å². The first-order valence-corrected chi connectivity index (χ1v) is 9.14. The Bertz CT molecular complexity index is 534. The van der Waals surface area contributed by atoms with Gasteiger partial charge in [0.15, 0.2) is 0 Å². The van der Waals surface area contributed by atoms with Crippen molar-refractivity contribution >= 4 is 0 Å². The van der Waals surface area contributed by atoms with Gasteiger partial charge in [-0.3, -0.25) is 0 Å². The first-order valence-electron chi connectivity index (χ1n) is 9.14. The number of hydrogen-bond donors (Lipinski definition) is 1. The topological polar surface area (TPSA) is 29.5 Å². The van der Waals surface area contributed by atoms with Crippen LogP contribution in [0.4, 0.5) is 0 Å². The summed E-state index contributed by atoms with van der Waals surface area (Å²) in [7, 11) is 1.79. The van der Waals surface area contributed by atoms with Crippen molar-refractivity contribution in [3.63, 3.8) is 0 Å². The van der Waals surface area contributed by atoms with Crippen LogP contribution in [0.3, 0.4) is 0 Å². The molecule has 1 aromatic rings. The van der Waals surface area contributed by atoms with Crippen LogP contribution in [0.1, 0.15) is 95.9 Å². The second kappa shape index (κ2) is 6.84. The molecule has 1 saturated carbocycles. The molecule has 2 rings (SSSR count). The van der Waals surface area contributed by atoms with Crippen molar-refractivity contribution in [1.82, 2.24) is 0 Å². The largest absolute Gasteiger partial charge is 0.496 e. The van der Waals surface area contributed by atoms with Gasteiger partial charge in [-0.25, -0.2) is 0 Å². The zero-order chi connectivity index (χ0) is 17.3. The van der Waals surface area contributed by atoms with Crippen LogP contribution >= 0.6 is 0 Å². The Morgan fingerprint density at radius 2 is 1.78 bits per heavy atom. The van der Waals surface area contributed by atoms with Crippen molar-refractivity contribution < 1.29 is 9.84 Å². The molecule has 1 fully saturated rings. The van der Waals surface area contributed by atoms with Gasteiger partial charge in [0.2, 0.25) is 0 Å². The van der Waals surface area contributed by atoms with Gasteiger partial charge in [0.05, 0.1) is 13.2 Å². The fourth-order valence-corrected chi connectivity index (χ4v) is 3.91. The van der Waals surface area contributed by atoms with Gasteiger partial charge in [-0.2, -0.15) is 0 Å². The summed E-state index contributed by atoms with van der Waals surface area (Å²) in [4.78, 5) is 0. The molecule has 0 spiro atoms. The average molecular weight is 319 g/mol. The summed E-state index contributed by atoms with van der Waals surface area (Å²) >= 11 is 0. The van der Waals surface area contributed by atoms with Crippen LogP contribution in [0.2, 0.25) is 0 Å². The molecular formula is C21H34O2. The summed E-state index contributed by atoms with van der Waals surface area (Å²) in [6, 6.07) is 4.37. The molecule has 0 saturated heterocycles. The Balaban J connectivity index is 2.67. The molecule has 2 heteroatoms. The number of aliphatic hydroxyl groups excluding tert-OH is 1. The molecule has 0 bridgehead atoms. The summed E-state index contributed by atoms with van der Waals surface area (Å²) in [6.07, 6.45) is 6.66. The molecule has 1 unspecified atom stereocenters. The molecule has 1 aromatic carbocycles. The van der Waals surface area contributed by atoms with Gasteiger partial charge in [-0.05, 0) is 47.8 Å². The number of ether oxygens (including phenoxy) is 1. The Morgan fingerprint density at radius 1 is 1.17 bits per heavy atom. The van der Waals surface area contributed by atoms with Crippen LogP contribution in [-0.4, -0.2) is 12.2 Å². The smallest absolute Gasteiger partial charge is 0.126 e. The molecule has 0 radical (unpaired) electrons. The van der Waals surface area contributed by atoms with Crippen molar-refractivity contribution in [2.75, 3.05) is 7.11 Å². The average Bonchev–Trinajstić information content (AvgIpc) is 2.52. The number of aliphatic hydroxyl groups is 1. The van der Waals surface area contributed by atoms with Crippen LogP contribution in [0.25, 0.3) is 0 Å². The monoisotopic (exact) mass is 318 g/mol. The molecule has 1 N–H and O–H groups in total. The van der Waals surface area contributed by atoms with Crippen LogP contribution in [-0.2, 0) is 10.8 Å². The van der Waals surface area contributed by atoms with E-state index >= 15 is 0 Å². The Hall–Kier alpha value is -1.02. The van der Waals surface area contributed by atoms with E-state index in [-0.39, 0.29) is 10.8 Å². The standard InChI is InChI=1S/C21H34O2/c1-7-18(22)15-13-16(20(2,3)4)19(23-6)17(14-15)21(5)11-9-8-10-12-21/h13-14,18,22H,7-12H2,1-6H3. The third-order valence-electron chi connectivity index (χ3n) is 5.50. The van der Waals surface area contributed by atoms with E-state index < -0.39 is 6.10 Å². The molecule has 2 nitrogen and oxygen atoms in total. The molecule has 1 aliphatic carbocycles. The Labute approximate surface area is 142 Å². The molecule has 0 aliphatic heterocycles. The minimum atomic E-state index is -0.395. The van der Waals surface area contributed by atoms with E-state index in [1.54, 1.807) is 7.11 Å². The maximum atomic E-state index is 10.4. The normalized spacial score (nSPS) is 19.4. The van der Waals surface area contributed by atoms with Gasteiger partial charge >= 0.3 is 0 Å². The van der Waals surface area contributed by atoms with Gasteiger partial charge in [-0.15, -0.1) is 0 Å². The quantitative estimate of drug-likeness (QED) is 0.776. The highest BCUT2D eigenvalue weighted by Crippen LogP contribution is 2.47. The second-order valence-electron chi connectivity index (χ2n) is 8.44. The van der Waals surface area contributed by atoms with Crippen LogP contribution < -0.4 is 4.74 Å². The highest BCUT2D eigenvalue weighted by atomic mass is 16.5. The van der Waals surface area contributed by atoms with Crippen molar-refractivity contribution in [2.45, 2.75) is 90.1 Å². The minimum Gasteiger partial charge on any atom is -0.496 e. The minimum absolute atomic E-state index is 0.00537. The van der Waals surface area contributed by atoms with Crippen molar-refractivity contribution in [1.29, 1.82) is 0 Å². The summed E-state index contributed by atoms with van der Waals surface area (Å²) < 4.78 is 5.91. The van der Waals surface area contributed by atoms with Crippen molar-refractivity contribution in [2.24, 2.45) is 0 Å². The number of methoxy groups -OCH3 is 1. The van der Waals surface area contributed by atoms with Crippen molar-refractivity contribution in [3.05, 3.63) is 28.8 Å². The lowest BCUT2D eigenvalue weighted by Crippen LogP contribution is -2.27. The lowest BCUT2D eigenvalue weighted by atomic mass is 9.68. The maximum Gasteiger partial charge on any atom is 0.126 e. The predicted octanol–water partition coefficient (Wildman–Crippen LogP) is 5.66. The first kappa shape index (κ1) is 18.3. The van der Waals surface area contributed by atoms with E-state index in [0.29, 0.717) is 0 Å².